The fourth-order valence-electron chi connectivity index (χ4n) is 4.30. The molecule has 2 fully saturated rings. The number of pyridine rings is 1. The molecule has 1 amide bonds. The minimum absolute atomic E-state index is 0.124. The van der Waals surface area contributed by atoms with E-state index >= 15 is 0 Å². The number of amides is 1. The van der Waals surface area contributed by atoms with Crippen molar-refractivity contribution in [2.45, 2.75) is 43.8 Å². The average Bonchev–Trinajstić information content (AvgIpc) is 3.22. The van der Waals surface area contributed by atoms with Crippen LogP contribution in [0.15, 0.2) is 42.6 Å². The highest BCUT2D eigenvalue weighted by atomic mass is 19.4. The molecule has 2 saturated heterocycles. The van der Waals surface area contributed by atoms with E-state index in [0.29, 0.717) is 25.1 Å². The van der Waals surface area contributed by atoms with Crippen molar-refractivity contribution in [1.29, 1.82) is 0 Å². The molecule has 2 aliphatic rings. The average molecular weight is 466 g/mol. The van der Waals surface area contributed by atoms with E-state index in [-0.39, 0.29) is 30.3 Å². The van der Waals surface area contributed by atoms with E-state index in [4.69, 9.17) is 18.9 Å². The summed E-state index contributed by atoms with van der Waals surface area (Å²) in [6.07, 6.45) is -4.67. The van der Waals surface area contributed by atoms with Gasteiger partial charge in [0, 0.05) is 24.7 Å². The van der Waals surface area contributed by atoms with Crippen molar-refractivity contribution in [3.05, 3.63) is 53.9 Å². The molecule has 178 valence electrons. The van der Waals surface area contributed by atoms with Crippen LogP contribution in [0.3, 0.4) is 0 Å². The fourth-order valence-corrected chi connectivity index (χ4v) is 4.30. The number of carbonyl (C=O) groups excluding carboxylic acids is 1. The van der Waals surface area contributed by atoms with Crippen molar-refractivity contribution in [2.75, 3.05) is 27.0 Å². The van der Waals surface area contributed by atoms with Gasteiger partial charge in [0.25, 0.3) is 5.91 Å². The molecule has 7 nitrogen and oxygen atoms in total. The number of halogens is 3. The molecule has 0 saturated carbocycles. The van der Waals surface area contributed by atoms with Crippen molar-refractivity contribution in [2.24, 2.45) is 0 Å². The molecule has 4 rings (SSSR count). The highest BCUT2D eigenvalue weighted by Crippen LogP contribution is 2.42. The second-order valence-corrected chi connectivity index (χ2v) is 8.14. The van der Waals surface area contributed by atoms with E-state index in [1.165, 1.54) is 32.2 Å². The number of ether oxygens (including phenoxy) is 4. The van der Waals surface area contributed by atoms with Crippen molar-refractivity contribution in [3.63, 3.8) is 0 Å². The number of aromatic nitrogens is 1. The maximum absolute atomic E-state index is 13.2. The molecule has 10 heteroatoms. The normalized spacial score (nSPS) is 23.7. The highest BCUT2D eigenvalue weighted by Gasteiger charge is 2.52. The summed E-state index contributed by atoms with van der Waals surface area (Å²) in [5, 5.41) is 0. The third-order valence-corrected chi connectivity index (χ3v) is 5.89. The number of methoxy groups -OCH3 is 1. The molecule has 2 aromatic rings. The topological polar surface area (TPSA) is 70.1 Å². The Balaban J connectivity index is 1.47. The van der Waals surface area contributed by atoms with Gasteiger partial charge in [-0.1, -0.05) is 6.07 Å². The first-order chi connectivity index (χ1) is 15.7. The number of fused-ring (bicyclic) bond motifs is 1. The Morgan fingerprint density at radius 1 is 1.30 bits per heavy atom. The number of hydrogen-bond acceptors (Lipinski definition) is 6. The number of alkyl halides is 3. The molecular formula is C23H25F3N2O5. The quantitative estimate of drug-likeness (QED) is 0.643. The number of hydrogen-bond donors (Lipinski definition) is 0. The first kappa shape index (κ1) is 23.3. The lowest BCUT2D eigenvalue weighted by Crippen LogP contribution is -2.53. The van der Waals surface area contributed by atoms with Crippen LogP contribution >= 0.6 is 0 Å². The van der Waals surface area contributed by atoms with E-state index in [2.05, 4.69) is 4.98 Å². The minimum atomic E-state index is -4.34. The Kier molecular flexibility index (Phi) is 6.49. The van der Waals surface area contributed by atoms with Gasteiger partial charge in [-0.25, -0.2) is 0 Å². The predicted molar refractivity (Wildman–Crippen MR) is 111 cm³/mol. The van der Waals surface area contributed by atoms with Gasteiger partial charge in [-0.2, -0.15) is 13.2 Å². The SMILES string of the molecule is COc1cc(C(=O)N2CC[C@]3(c4ccccn4)OCOC3C2)ccc1OC(C)CC(F)(F)F. The molecule has 0 bridgehead atoms. The van der Waals surface area contributed by atoms with Crippen molar-refractivity contribution in [1.82, 2.24) is 9.88 Å². The Morgan fingerprint density at radius 3 is 2.82 bits per heavy atom. The summed E-state index contributed by atoms with van der Waals surface area (Å²) in [6.45, 7) is 2.20. The summed E-state index contributed by atoms with van der Waals surface area (Å²) in [7, 11) is 1.37. The highest BCUT2D eigenvalue weighted by molar-refractivity contribution is 5.95. The fraction of sp³-hybridized carbons (Fsp3) is 0.478. The molecule has 3 heterocycles. The molecule has 33 heavy (non-hydrogen) atoms. The van der Waals surface area contributed by atoms with Crippen LogP contribution in [0.25, 0.3) is 0 Å². The van der Waals surface area contributed by atoms with Gasteiger partial charge in [0.15, 0.2) is 11.5 Å². The van der Waals surface area contributed by atoms with Crippen LogP contribution in [0.2, 0.25) is 0 Å². The van der Waals surface area contributed by atoms with E-state index in [1.807, 2.05) is 18.2 Å². The van der Waals surface area contributed by atoms with Crippen molar-refractivity contribution in [3.8, 4) is 11.5 Å². The zero-order valence-corrected chi connectivity index (χ0v) is 18.3. The summed E-state index contributed by atoms with van der Waals surface area (Å²) in [5.74, 6) is 0.0922. The van der Waals surface area contributed by atoms with Gasteiger partial charge in [-0.3, -0.25) is 9.78 Å². The number of nitrogens with zero attached hydrogens (tertiary/aromatic N) is 2. The van der Waals surface area contributed by atoms with Crippen LogP contribution in [0.1, 0.15) is 35.8 Å². The van der Waals surface area contributed by atoms with Gasteiger partial charge in [0.05, 0.1) is 25.8 Å². The smallest absolute Gasteiger partial charge is 0.392 e. The van der Waals surface area contributed by atoms with Crippen LogP contribution in [-0.2, 0) is 15.1 Å². The van der Waals surface area contributed by atoms with Gasteiger partial charge >= 0.3 is 6.18 Å². The maximum atomic E-state index is 13.2. The summed E-state index contributed by atoms with van der Waals surface area (Å²) in [5.41, 5.74) is 0.421. The number of rotatable bonds is 6. The summed E-state index contributed by atoms with van der Waals surface area (Å²) < 4.78 is 60.2. The predicted octanol–water partition coefficient (Wildman–Crippen LogP) is 3.92. The van der Waals surface area contributed by atoms with Crippen LogP contribution in [-0.4, -0.2) is 61.2 Å². The first-order valence-corrected chi connectivity index (χ1v) is 10.6. The van der Waals surface area contributed by atoms with Crippen molar-refractivity contribution < 1.29 is 36.9 Å². The zero-order chi connectivity index (χ0) is 23.6. The van der Waals surface area contributed by atoms with Gasteiger partial charge < -0.3 is 23.8 Å². The molecule has 1 aromatic heterocycles. The monoisotopic (exact) mass is 466 g/mol. The van der Waals surface area contributed by atoms with E-state index < -0.39 is 24.3 Å². The Bertz CT molecular complexity index is 988. The molecule has 2 unspecified atom stereocenters. The van der Waals surface area contributed by atoms with Crippen LogP contribution in [0, 0.1) is 0 Å². The Morgan fingerprint density at radius 2 is 2.12 bits per heavy atom. The number of benzene rings is 1. The van der Waals surface area contributed by atoms with Crippen LogP contribution < -0.4 is 9.47 Å². The minimum Gasteiger partial charge on any atom is -0.493 e. The Labute approximate surface area is 189 Å². The molecule has 2 aliphatic heterocycles. The zero-order valence-electron chi connectivity index (χ0n) is 18.3. The molecule has 0 spiro atoms. The van der Waals surface area contributed by atoms with Gasteiger partial charge in [0.2, 0.25) is 0 Å². The van der Waals surface area contributed by atoms with Gasteiger partial charge in [-0.15, -0.1) is 0 Å². The van der Waals surface area contributed by atoms with Crippen molar-refractivity contribution >= 4 is 5.91 Å². The lowest BCUT2D eigenvalue weighted by molar-refractivity contribution is -0.148. The maximum Gasteiger partial charge on any atom is 0.392 e. The molecule has 1 aromatic carbocycles. The molecule has 3 atom stereocenters. The van der Waals surface area contributed by atoms with Crippen LogP contribution in [0.5, 0.6) is 11.5 Å². The first-order valence-electron chi connectivity index (χ1n) is 10.6. The second kappa shape index (κ2) is 9.18. The summed E-state index contributed by atoms with van der Waals surface area (Å²) in [4.78, 5) is 19.3. The molecule has 0 aliphatic carbocycles. The third-order valence-electron chi connectivity index (χ3n) is 5.89. The van der Waals surface area contributed by atoms with E-state index in [0.717, 1.165) is 5.69 Å². The number of piperidine rings is 1. The Hall–Kier alpha value is -2.85. The molecule has 0 N–H and O–H groups in total. The van der Waals surface area contributed by atoms with E-state index in [1.54, 1.807) is 11.1 Å². The molecular weight excluding hydrogens is 441 g/mol. The van der Waals surface area contributed by atoms with Gasteiger partial charge in [-0.05, 0) is 37.3 Å². The van der Waals surface area contributed by atoms with E-state index in [9.17, 15) is 18.0 Å². The summed E-state index contributed by atoms with van der Waals surface area (Å²) >= 11 is 0. The molecule has 0 radical (unpaired) electrons. The largest absolute Gasteiger partial charge is 0.493 e. The standard InChI is InChI=1S/C23H25F3N2O5/c1-15(12-23(24,25)26)33-17-7-6-16(11-18(17)30-2)21(29)28-10-8-22(19-5-3-4-9-27-19)20(13-28)31-14-32-22/h3-7,9,11,15,20H,8,10,12-14H2,1-2H3/t15?,20?,22-/m1/s1. The van der Waals surface area contributed by atoms with Gasteiger partial charge in [0.1, 0.15) is 24.6 Å². The lowest BCUT2D eigenvalue weighted by Gasteiger charge is -2.41. The number of likely N-dealkylation sites (tertiary alicyclic amines) is 1. The number of carbonyl (C=O) groups is 1. The summed E-state index contributed by atoms with van der Waals surface area (Å²) in [6, 6.07) is 10.1. The second-order valence-electron chi connectivity index (χ2n) is 8.14. The third kappa shape index (κ3) is 4.91. The lowest BCUT2D eigenvalue weighted by atomic mass is 9.85. The van der Waals surface area contributed by atoms with Crippen LogP contribution in [0.4, 0.5) is 13.2 Å².